The van der Waals surface area contributed by atoms with E-state index < -0.39 is 9.84 Å². The van der Waals surface area contributed by atoms with Gasteiger partial charge < -0.3 is 9.64 Å². The Morgan fingerprint density at radius 2 is 2.12 bits per heavy atom. The molecule has 3 rings (SSSR count). The van der Waals surface area contributed by atoms with Crippen molar-refractivity contribution in [2.45, 2.75) is 30.3 Å². The number of hydrogen-bond acceptors (Lipinski definition) is 6. The second-order valence-electron chi connectivity index (χ2n) is 6.08. The molecule has 0 bridgehead atoms. The Labute approximate surface area is 151 Å². The molecule has 0 aliphatic carbocycles. The lowest BCUT2D eigenvalue weighted by Crippen LogP contribution is -2.31. The van der Waals surface area contributed by atoms with Crippen LogP contribution < -0.4 is 4.74 Å². The van der Waals surface area contributed by atoms with Gasteiger partial charge in [-0.25, -0.2) is 13.4 Å². The van der Waals surface area contributed by atoms with Crippen LogP contribution in [-0.2, 0) is 21.1 Å². The molecule has 1 aromatic carbocycles. The van der Waals surface area contributed by atoms with Crippen LogP contribution in [0.15, 0.2) is 40.7 Å². The zero-order valence-corrected chi connectivity index (χ0v) is 15.6. The smallest absolute Gasteiger partial charge is 0.273 e. The van der Waals surface area contributed by atoms with Crippen LogP contribution in [0.3, 0.4) is 0 Å². The van der Waals surface area contributed by atoms with Crippen LogP contribution in [0.1, 0.15) is 18.4 Å². The van der Waals surface area contributed by atoms with Crippen molar-refractivity contribution in [1.29, 1.82) is 0 Å². The van der Waals surface area contributed by atoms with E-state index in [-0.39, 0.29) is 12.0 Å². The van der Waals surface area contributed by atoms with Crippen molar-refractivity contribution < 1.29 is 17.9 Å². The SMILES string of the molecule is CS(=O)(=O)c1ccc(CCC(=O)N2CCC(Oc3nccs3)C2)cc1. The minimum absolute atomic E-state index is 0.00384. The van der Waals surface area contributed by atoms with Crippen molar-refractivity contribution in [3.8, 4) is 5.19 Å². The Kier molecular flexibility index (Phi) is 5.39. The maximum atomic E-state index is 12.4. The number of ether oxygens (including phenoxy) is 1. The molecule has 134 valence electrons. The van der Waals surface area contributed by atoms with Gasteiger partial charge in [-0.15, -0.1) is 0 Å². The number of rotatable bonds is 6. The number of amides is 1. The molecule has 1 atom stereocenters. The number of sulfone groups is 1. The molecular weight excluding hydrogens is 360 g/mol. The van der Waals surface area contributed by atoms with Crippen LogP contribution in [0.25, 0.3) is 0 Å². The van der Waals surface area contributed by atoms with Crippen LogP contribution in [-0.4, -0.2) is 49.7 Å². The van der Waals surface area contributed by atoms with E-state index in [9.17, 15) is 13.2 Å². The van der Waals surface area contributed by atoms with Gasteiger partial charge in [0, 0.05) is 37.2 Å². The maximum absolute atomic E-state index is 12.4. The molecule has 1 aliphatic heterocycles. The standard InChI is InChI=1S/C17H20N2O4S2/c1-25(21,22)15-5-2-13(3-6-15)4-7-16(20)19-10-8-14(12-19)23-17-18-9-11-24-17/h2-3,5-6,9,11,14H,4,7-8,10,12H2,1H3. The number of nitrogens with zero attached hydrogens (tertiary/aromatic N) is 2. The largest absolute Gasteiger partial charge is 0.465 e. The fraction of sp³-hybridized carbons (Fsp3) is 0.412. The summed E-state index contributed by atoms with van der Waals surface area (Å²) in [5.74, 6) is 0.0948. The van der Waals surface area contributed by atoms with Crippen LogP contribution in [0.5, 0.6) is 5.19 Å². The Balaban J connectivity index is 1.48. The van der Waals surface area contributed by atoms with Gasteiger partial charge in [0.25, 0.3) is 5.19 Å². The fourth-order valence-corrected chi connectivity index (χ4v) is 3.96. The van der Waals surface area contributed by atoms with Crippen LogP contribution in [0.2, 0.25) is 0 Å². The zero-order chi connectivity index (χ0) is 17.9. The minimum Gasteiger partial charge on any atom is -0.465 e. The van der Waals surface area contributed by atoms with Gasteiger partial charge in [-0.3, -0.25) is 4.79 Å². The predicted molar refractivity (Wildman–Crippen MR) is 95.6 cm³/mol. The highest BCUT2D eigenvalue weighted by molar-refractivity contribution is 7.90. The number of carbonyl (C=O) groups excluding carboxylic acids is 1. The summed E-state index contributed by atoms with van der Waals surface area (Å²) in [5, 5.41) is 2.51. The van der Waals surface area contributed by atoms with Gasteiger partial charge in [-0.1, -0.05) is 23.5 Å². The highest BCUT2D eigenvalue weighted by atomic mass is 32.2. The molecule has 1 amide bonds. The Bertz CT molecular complexity index is 817. The summed E-state index contributed by atoms with van der Waals surface area (Å²) in [7, 11) is -3.19. The molecule has 1 unspecified atom stereocenters. The third kappa shape index (κ3) is 4.79. The van der Waals surface area contributed by atoms with Crippen molar-refractivity contribution in [1.82, 2.24) is 9.88 Å². The van der Waals surface area contributed by atoms with Crippen molar-refractivity contribution in [2.24, 2.45) is 0 Å². The van der Waals surface area contributed by atoms with Gasteiger partial charge >= 0.3 is 0 Å². The van der Waals surface area contributed by atoms with Crippen LogP contribution in [0.4, 0.5) is 0 Å². The Hall–Kier alpha value is -1.93. The number of carbonyl (C=O) groups is 1. The first-order valence-electron chi connectivity index (χ1n) is 8.05. The topological polar surface area (TPSA) is 76.6 Å². The molecule has 2 heterocycles. The van der Waals surface area contributed by atoms with Gasteiger partial charge in [0.05, 0.1) is 11.4 Å². The third-order valence-corrected chi connectivity index (χ3v) is 5.94. The first-order valence-corrected chi connectivity index (χ1v) is 10.8. The summed E-state index contributed by atoms with van der Waals surface area (Å²) < 4.78 is 28.7. The van der Waals surface area contributed by atoms with Crippen molar-refractivity contribution >= 4 is 27.1 Å². The van der Waals surface area contributed by atoms with E-state index in [2.05, 4.69) is 4.98 Å². The number of aromatic nitrogens is 1. The van der Waals surface area contributed by atoms with E-state index in [0.717, 1.165) is 12.0 Å². The average molecular weight is 380 g/mol. The van der Waals surface area contributed by atoms with E-state index in [4.69, 9.17) is 4.74 Å². The summed E-state index contributed by atoms with van der Waals surface area (Å²) in [5.41, 5.74) is 0.954. The summed E-state index contributed by atoms with van der Waals surface area (Å²) in [6.45, 7) is 1.29. The van der Waals surface area contributed by atoms with Crippen molar-refractivity contribution in [3.05, 3.63) is 41.4 Å². The molecule has 2 aromatic rings. The van der Waals surface area contributed by atoms with E-state index in [1.54, 1.807) is 30.5 Å². The van der Waals surface area contributed by atoms with Gasteiger partial charge in [-0.2, -0.15) is 0 Å². The van der Waals surface area contributed by atoms with Gasteiger partial charge in [-0.05, 0) is 24.1 Å². The Morgan fingerprint density at radius 3 is 2.76 bits per heavy atom. The number of benzene rings is 1. The molecule has 0 radical (unpaired) electrons. The molecule has 6 nitrogen and oxygen atoms in total. The lowest BCUT2D eigenvalue weighted by molar-refractivity contribution is -0.130. The van der Waals surface area contributed by atoms with Crippen molar-refractivity contribution in [3.63, 3.8) is 0 Å². The fourth-order valence-electron chi connectivity index (χ4n) is 2.77. The molecule has 8 heteroatoms. The molecule has 25 heavy (non-hydrogen) atoms. The quantitative estimate of drug-likeness (QED) is 0.768. The van der Waals surface area contributed by atoms with Crippen LogP contribution in [0, 0.1) is 0 Å². The summed E-state index contributed by atoms with van der Waals surface area (Å²) in [4.78, 5) is 18.6. The first-order chi connectivity index (χ1) is 11.9. The maximum Gasteiger partial charge on any atom is 0.273 e. The monoisotopic (exact) mass is 380 g/mol. The molecule has 1 aliphatic rings. The number of hydrogen-bond donors (Lipinski definition) is 0. The van der Waals surface area contributed by atoms with Gasteiger partial charge in [0.15, 0.2) is 9.84 Å². The molecule has 1 aromatic heterocycles. The summed E-state index contributed by atoms with van der Waals surface area (Å²) >= 11 is 1.45. The predicted octanol–water partition coefficient (Wildman–Crippen LogP) is 2.16. The second kappa shape index (κ2) is 7.53. The molecule has 1 fully saturated rings. The van der Waals surface area contributed by atoms with E-state index >= 15 is 0 Å². The minimum atomic E-state index is -3.19. The van der Waals surface area contributed by atoms with Crippen LogP contribution >= 0.6 is 11.3 Å². The Morgan fingerprint density at radius 1 is 1.36 bits per heavy atom. The molecular formula is C17H20N2O4S2. The average Bonchev–Trinajstić information content (AvgIpc) is 3.24. The molecule has 0 N–H and O–H groups in total. The molecule has 0 saturated carbocycles. The second-order valence-corrected chi connectivity index (χ2v) is 8.96. The number of likely N-dealkylation sites (tertiary alicyclic amines) is 1. The molecule has 0 spiro atoms. The van der Waals surface area contributed by atoms with E-state index in [1.165, 1.54) is 17.6 Å². The van der Waals surface area contributed by atoms with E-state index in [1.807, 2.05) is 10.3 Å². The highest BCUT2D eigenvalue weighted by Crippen LogP contribution is 2.21. The third-order valence-electron chi connectivity index (χ3n) is 4.15. The van der Waals surface area contributed by atoms with E-state index in [0.29, 0.717) is 36.0 Å². The highest BCUT2D eigenvalue weighted by Gasteiger charge is 2.27. The lowest BCUT2D eigenvalue weighted by Gasteiger charge is -2.16. The van der Waals surface area contributed by atoms with Gasteiger partial charge in [0.1, 0.15) is 6.10 Å². The summed E-state index contributed by atoms with van der Waals surface area (Å²) in [6.07, 6.45) is 4.70. The number of thiazole rings is 1. The first kappa shape index (κ1) is 17.9. The zero-order valence-electron chi connectivity index (χ0n) is 13.9. The normalized spacial score (nSPS) is 17.6. The lowest BCUT2D eigenvalue weighted by atomic mass is 10.1. The summed E-state index contributed by atoms with van der Waals surface area (Å²) in [6, 6.07) is 6.70. The van der Waals surface area contributed by atoms with Crippen molar-refractivity contribution in [2.75, 3.05) is 19.3 Å². The molecule has 1 saturated heterocycles. The number of aryl methyl sites for hydroxylation is 1. The van der Waals surface area contributed by atoms with Gasteiger partial charge in [0.2, 0.25) is 5.91 Å².